The summed E-state index contributed by atoms with van der Waals surface area (Å²) in [5.74, 6) is 0. The second-order valence-electron chi connectivity index (χ2n) is 15.3. The minimum Gasteiger partial charge on any atom is -0.456 e. The van der Waals surface area contributed by atoms with Gasteiger partial charge < -0.3 is 18.1 Å². The van der Waals surface area contributed by atoms with Gasteiger partial charge in [-0.1, -0.05) is 115 Å². The van der Waals surface area contributed by atoms with E-state index in [0.29, 0.717) is 0 Å². The Morgan fingerprint density at radius 1 is 0.293 bits per heavy atom. The zero-order valence-electron chi connectivity index (χ0n) is 31.3. The van der Waals surface area contributed by atoms with Gasteiger partial charge in [-0.3, -0.25) is 0 Å². The average Bonchev–Trinajstić information content (AvgIpc) is 4.02. The Morgan fingerprint density at radius 3 is 1.60 bits per heavy atom. The van der Waals surface area contributed by atoms with E-state index in [-0.39, 0.29) is 0 Å². The molecular formula is C54H33N3O. The van der Waals surface area contributed by atoms with Crippen molar-refractivity contribution in [3.05, 3.63) is 200 Å². The highest BCUT2D eigenvalue weighted by molar-refractivity contribution is 6.29. The molecule has 0 N–H and O–H groups in total. The summed E-state index contributed by atoms with van der Waals surface area (Å²) < 4.78 is 13.5. The molecule has 0 unspecified atom stereocenters. The molecule has 13 rings (SSSR count). The summed E-state index contributed by atoms with van der Waals surface area (Å²) in [6.07, 6.45) is 0. The summed E-state index contributed by atoms with van der Waals surface area (Å²) in [6.45, 7) is 0. The Bertz CT molecular complexity index is 3800. The molecule has 0 aliphatic rings. The van der Waals surface area contributed by atoms with Crippen LogP contribution in [0.3, 0.4) is 0 Å². The molecule has 4 heteroatoms. The third-order valence-electron chi connectivity index (χ3n) is 12.2. The number of rotatable bonds is 4. The fourth-order valence-corrected chi connectivity index (χ4v) is 9.82. The molecular weight excluding hydrogens is 707 g/mol. The summed E-state index contributed by atoms with van der Waals surface area (Å²) in [5.41, 5.74) is 14.7. The molecule has 0 aliphatic heterocycles. The van der Waals surface area contributed by atoms with Crippen molar-refractivity contribution in [2.75, 3.05) is 0 Å². The number of furan rings is 1. The van der Waals surface area contributed by atoms with Gasteiger partial charge in [0.05, 0.1) is 38.8 Å². The van der Waals surface area contributed by atoms with E-state index in [2.05, 4.69) is 202 Å². The van der Waals surface area contributed by atoms with Crippen molar-refractivity contribution >= 4 is 87.4 Å². The predicted molar refractivity (Wildman–Crippen MR) is 242 cm³/mol. The van der Waals surface area contributed by atoms with Crippen LogP contribution in [-0.2, 0) is 0 Å². The predicted octanol–water partition coefficient (Wildman–Crippen LogP) is 14.5. The molecule has 4 heterocycles. The first-order valence-electron chi connectivity index (χ1n) is 19.9. The summed E-state index contributed by atoms with van der Waals surface area (Å²) in [5, 5.41) is 9.75. The van der Waals surface area contributed by atoms with Gasteiger partial charge in [0.25, 0.3) is 0 Å². The molecule has 4 aromatic heterocycles. The first-order valence-corrected chi connectivity index (χ1v) is 19.9. The molecule has 0 atom stereocenters. The molecule has 9 aromatic carbocycles. The Kier molecular flexibility index (Phi) is 6.41. The van der Waals surface area contributed by atoms with Crippen LogP contribution in [-0.4, -0.2) is 13.7 Å². The third kappa shape index (κ3) is 4.29. The lowest BCUT2D eigenvalue weighted by atomic mass is 10.0. The van der Waals surface area contributed by atoms with E-state index in [1.54, 1.807) is 0 Å². The second-order valence-corrected chi connectivity index (χ2v) is 15.3. The van der Waals surface area contributed by atoms with Crippen LogP contribution in [0.2, 0.25) is 0 Å². The van der Waals surface area contributed by atoms with Gasteiger partial charge >= 0.3 is 0 Å². The van der Waals surface area contributed by atoms with E-state index in [1.165, 1.54) is 76.5 Å². The van der Waals surface area contributed by atoms with Crippen LogP contribution in [0.15, 0.2) is 205 Å². The van der Waals surface area contributed by atoms with Crippen molar-refractivity contribution in [2.45, 2.75) is 0 Å². The van der Waals surface area contributed by atoms with Crippen LogP contribution in [0.5, 0.6) is 0 Å². The molecule has 0 radical (unpaired) electrons. The third-order valence-corrected chi connectivity index (χ3v) is 12.2. The number of nitrogens with zero attached hydrogens (tertiary/aromatic N) is 3. The van der Waals surface area contributed by atoms with Crippen molar-refractivity contribution in [1.82, 2.24) is 13.7 Å². The smallest absolute Gasteiger partial charge is 0.135 e. The van der Waals surface area contributed by atoms with Crippen LogP contribution < -0.4 is 0 Å². The molecule has 0 bridgehead atoms. The number of para-hydroxylation sites is 6. The number of fused-ring (bicyclic) bond motifs is 13. The molecule has 270 valence electrons. The Labute approximate surface area is 332 Å². The SMILES string of the molecule is c1ccc(-n2c3ccccc3c3c4c5ccccc5n(-c5ccccc5-c5ccc6c(c5)c5ccccc5n6-c5ccc6oc7ccccc7c6c5)c4ccc32)cc1. The fourth-order valence-electron chi connectivity index (χ4n) is 9.82. The maximum Gasteiger partial charge on any atom is 0.135 e. The average molecular weight is 740 g/mol. The van der Waals surface area contributed by atoms with E-state index in [4.69, 9.17) is 4.42 Å². The summed E-state index contributed by atoms with van der Waals surface area (Å²) >= 11 is 0. The quantitative estimate of drug-likeness (QED) is 0.177. The van der Waals surface area contributed by atoms with Crippen LogP contribution in [0, 0.1) is 0 Å². The van der Waals surface area contributed by atoms with E-state index >= 15 is 0 Å². The molecule has 0 spiro atoms. The summed E-state index contributed by atoms with van der Waals surface area (Å²) in [6, 6.07) is 72.5. The summed E-state index contributed by atoms with van der Waals surface area (Å²) in [4.78, 5) is 0. The van der Waals surface area contributed by atoms with Gasteiger partial charge in [0.2, 0.25) is 0 Å². The van der Waals surface area contributed by atoms with Crippen LogP contribution in [0.1, 0.15) is 0 Å². The van der Waals surface area contributed by atoms with Gasteiger partial charge in [-0.05, 0) is 90.5 Å². The van der Waals surface area contributed by atoms with Crippen molar-refractivity contribution < 1.29 is 4.42 Å². The summed E-state index contributed by atoms with van der Waals surface area (Å²) in [7, 11) is 0. The lowest BCUT2D eigenvalue weighted by Crippen LogP contribution is -1.97. The van der Waals surface area contributed by atoms with Gasteiger partial charge in [-0.2, -0.15) is 0 Å². The minimum absolute atomic E-state index is 0.900. The van der Waals surface area contributed by atoms with E-state index in [0.717, 1.165) is 39.0 Å². The van der Waals surface area contributed by atoms with Gasteiger partial charge in [0.1, 0.15) is 11.2 Å². The van der Waals surface area contributed by atoms with Crippen LogP contribution in [0.25, 0.3) is 116 Å². The molecule has 58 heavy (non-hydrogen) atoms. The highest BCUT2D eigenvalue weighted by atomic mass is 16.3. The molecule has 0 aliphatic carbocycles. The van der Waals surface area contributed by atoms with Gasteiger partial charge in [0.15, 0.2) is 0 Å². The van der Waals surface area contributed by atoms with E-state index in [1.807, 2.05) is 12.1 Å². The van der Waals surface area contributed by atoms with E-state index < -0.39 is 0 Å². The molecule has 0 saturated carbocycles. The Hall–Kier alpha value is -7.82. The maximum atomic E-state index is 6.21. The van der Waals surface area contributed by atoms with Crippen LogP contribution >= 0.6 is 0 Å². The van der Waals surface area contributed by atoms with Crippen molar-refractivity contribution in [1.29, 1.82) is 0 Å². The van der Waals surface area contributed by atoms with Gasteiger partial charge in [0, 0.05) is 60.0 Å². The zero-order valence-corrected chi connectivity index (χ0v) is 31.3. The van der Waals surface area contributed by atoms with Crippen molar-refractivity contribution in [3.63, 3.8) is 0 Å². The number of aromatic nitrogens is 3. The lowest BCUT2D eigenvalue weighted by Gasteiger charge is -2.15. The Morgan fingerprint density at radius 2 is 0.828 bits per heavy atom. The second kappa shape index (κ2) is 11.8. The van der Waals surface area contributed by atoms with E-state index in [9.17, 15) is 0 Å². The first-order chi connectivity index (χ1) is 28.8. The number of hydrogen-bond acceptors (Lipinski definition) is 1. The Balaban J connectivity index is 1.05. The molecule has 13 aromatic rings. The minimum atomic E-state index is 0.900. The molecule has 0 saturated heterocycles. The largest absolute Gasteiger partial charge is 0.456 e. The highest BCUT2D eigenvalue weighted by Crippen LogP contribution is 2.44. The highest BCUT2D eigenvalue weighted by Gasteiger charge is 2.22. The van der Waals surface area contributed by atoms with Crippen molar-refractivity contribution in [2.24, 2.45) is 0 Å². The fraction of sp³-hybridized carbons (Fsp3) is 0. The number of benzene rings is 9. The monoisotopic (exact) mass is 739 g/mol. The standard InChI is InChI=1S/C54H33N3O/c1-2-14-35(15-3-1)55-46-23-11-6-19-40(46)53-49(55)29-30-50-54(53)41-20-7-12-24-47(41)57(50)44-21-9-4-16-37(44)34-26-28-48-42(32-34)38-17-5-10-22-45(38)56(48)36-27-31-52-43(33-36)39-18-8-13-25-51(39)58-52/h1-33H. The van der Waals surface area contributed by atoms with Gasteiger partial charge in [-0.15, -0.1) is 0 Å². The normalized spacial score (nSPS) is 12.1. The molecule has 4 nitrogen and oxygen atoms in total. The zero-order chi connectivity index (χ0) is 37.9. The maximum absolute atomic E-state index is 6.21. The lowest BCUT2D eigenvalue weighted by molar-refractivity contribution is 0.669. The number of hydrogen-bond donors (Lipinski definition) is 0. The molecule has 0 amide bonds. The first kappa shape index (κ1) is 31.4. The van der Waals surface area contributed by atoms with Gasteiger partial charge in [-0.25, -0.2) is 0 Å². The molecule has 0 fully saturated rings. The topological polar surface area (TPSA) is 27.9 Å². The van der Waals surface area contributed by atoms with Crippen molar-refractivity contribution in [3.8, 4) is 28.2 Å². The van der Waals surface area contributed by atoms with Crippen LogP contribution in [0.4, 0.5) is 0 Å².